The molecule has 0 radical (unpaired) electrons. The van der Waals surface area contributed by atoms with E-state index in [2.05, 4.69) is 10.9 Å². The summed E-state index contributed by atoms with van der Waals surface area (Å²) in [6.45, 7) is 0. The van der Waals surface area contributed by atoms with Gasteiger partial charge in [0.15, 0.2) is 0 Å². The molecule has 1 aromatic heterocycles. The lowest BCUT2D eigenvalue weighted by Crippen LogP contribution is -2.42. The van der Waals surface area contributed by atoms with Crippen LogP contribution in [0.2, 0.25) is 0 Å². The zero-order chi connectivity index (χ0) is 19.2. The third-order valence-corrected chi connectivity index (χ3v) is 4.73. The van der Waals surface area contributed by atoms with Gasteiger partial charge in [-0.3, -0.25) is 25.2 Å². The number of carbonyl (C=O) groups excluding carboxylic acids is 3. The number of carbonyl (C=O) groups is 3. The van der Waals surface area contributed by atoms with E-state index in [9.17, 15) is 14.4 Å². The van der Waals surface area contributed by atoms with Crippen LogP contribution in [0, 0.1) is 0 Å². The van der Waals surface area contributed by atoms with Gasteiger partial charge in [-0.2, -0.15) is 0 Å². The van der Waals surface area contributed by atoms with Crippen molar-refractivity contribution in [1.29, 1.82) is 0 Å². The summed E-state index contributed by atoms with van der Waals surface area (Å²) in [7, 11) is 1.61. The number of thiophene rings is 1. The molecule has 136 valence electrons. The molecule has 27 heavy (non-hydrogen) atoms. The van der Waals surface area contributed by atoms with Gasteiger partial charge in [-0.1, -0.05) is 36.4 Å². The number of benzene rings is 2. The molecule has 3 aromatic rings. The summed E-state index contributed by atoms with van der Waals surface area (Å²) in [6.07, 6.45) is 0. The standard InChI is InChI=1S/C20H17N3O3S/c1-23(20(26)17-12-7-13-27-17)16-11-6-5-10-15(16)19(25)22-21-18(24)14-8-3-2-4-9-14/h2-13H,1H3,(H,21,24)(H,22,25). The quantitative estimate of drug-likeness (QED) is 0.684. The molecule has 0 atom stereocenters. The van der Waals surface area contributed by atoms with Crippen molar-refractivity contribution in [1.82, 2.24) is 10.9 Å². The Kier molecular flexibility index (Phi) is 5.63. The van der Waals surface area contributed by atoms with Gasteiger partial charge in [-0.15, -0.1) is 11.3 Å². The highest BCUT2D eigenvalue weighted by Gasteiger charge is 2.20. The van der Waals surface area contributed by atoms with Crippen LogP contribution in [-0.4, -0.2) is 24.8 Å². The Labute approximate surface area is 160 Å². The Balaban J connectivity index is 1.74. The highest BCUT2D eigenvalue weighted by Crippen LogP contribution is 2.22. The third kappa shape index (κ3) is 4.21. The van der Waals surface area contributed by atoms with Gasteiger partial charge in [0.25, 0.3) is 17.7 Å². The molecule has 0 aliphatic heterocycles. The lowest BCUT2D eigenvalue weighted by Gasteiger charge is -2.20. The van der Waals surface area contributed by atoms with Crippen molar-refractivity contribution in [2.75, 3.05) is 11.9 Å². The van der Waals surface area contributed by atoms with E-state index >= 15 is 0 Å². The van der Waals surface area contributed by atoms with Crippen molar-refractivity contribution in [3.63, 3.8) is 0 Å². The summed E-state index contributed by atoms with van der Waals surface area (Å²) < 4.78 is 0. The molecule has 0 saturated carbocycles. The molecule has 2 aromatic carbocycles. The first-order valence-electron chi connectivity index (χ1n) is 8.14. The van der Waals surface area contributed by atoms with Gasteiger partial charge in [0.05, 0.1) is 16.1 Å². The fraction of sp³-hybridized carbons (Fsp3) is 0.0500. The van der Waals surface area contributed by atoms with E-state index in [4.69, 9.17) is 0 Å². The number of rotatable bonds is 4. The molecule has 0 saturated heterocycles. The fourth-order valence-electron chi connectivity index (χ4n) is 2.48. The van der Waals surface area contributed by atoms with Gasteiger partial charge in [-0.05, 0) is 35.7 Å². The van der Waals surface area contributed by atoms with Gasteiger partial charge in [0.1, 0.15) is 0 Å². The van der Waals surface area contributed by atoms with Crippen LogP contribution < -0.4 is 15.8 Å². The maximum Gasteiger partial charge on any atom is 0.271 e. The van der Waals surface area contributed by atoms with Gasteiger partial charge < -0.3 is 4.90 Å². The Morgan fingerprint density at radius 2 is 1.48 bits per heavy atom. The van der Waals surface area contributed by atoms with E-state index < -0.39 is 11.8 Å². The van der Waals surface area contributed by atoms with Crippen LogP contribution in [0.3, 0.4) is 0 Å². The molecule has 0 bridgehead atoms. The van der Waals surface area contributed by atoms with E-state index in [-0.39, 0.29) is 11.5 Å². The number of hydrogen-bond donors (Lipinski definition) is 2. The monoisotopic (exact) mass is 379 g/mol. The maximum absolute atomic E-state index is 12.6. The second-order valence-corrected chi connectivity index (χ2v) is 6.58. The van der Waals surface area contributed by atoms with Crippen LogP contribution in [0.4, 0.5) is 5.69 Å². The number of amides is 3. The van der Waals surface area contributed by atoms with Crippen LogP contribution in [0.25, 0.3) is 0 Å². The zero-order valence-electron chi connectivity index (χ0n) is 14.5. The van der Waals surface area contributed by atoms with E-state index in [0.717, 1.165) is 0 Å². The normalized spacial score (nSPS) is 10.1. The summed E-state index contributed by atoms with van der Waals surface area (Å²) in [5.41, 5.74) is 5.92. The summed E-state index contributed by atoms with van der Waals surface area (Å²) in [4.78, 5) is 39.2. The summed E-state index contributed by atoms with van der Waals surface area (Å²) in [5.74, 6) is -1.15. The van der Waals surface area contributed by atoms with Crippen LogP contribution >= 0.6 is 11.3 Å². The SMILES string of the molecule is CN(C(=O)c1cccs1)c1ccccc1C(=O)NNC(=O)c1ccccc1. The van der Waals surface area contributed by atoms with Crippen LogP contribution in [-0.2, 0) is 0 Å². The maximum atomic E-state index is 12.6. The number of anilines is 1. The van der Waals surface area contributed by atoms with E-state index in [1.54, 1.807) is 73.8 Å². The van der Waals surface area contributed by atoms with Gasteiger partial charge in [0.2, 0.25) is 0 Å². The molecule has 0 aliphatic carbocycles. The van der Waals surface area contributed by atoms with E-state index in [0.29, 0.717) is 16.1 Å². The Morgan fingerprint density at radius 3 is 2.19 bits per heavy atom. The summed E-state index contributed by atoms with van der Waals surface area (Å²) >= 11 is 1.33. The topological polar surface area (TPSA) is 78.5 Å². The van der Waals surface area contributed by atoms with Crippen molar-refractivity contribution >= 4 is 34.7 Å². The molecule has 7 heteroatoms. The minimum atomic E-state index is -0.513. The number of nitrogens with zero attached hydrogens (tertiary/aromatic N) is 1. The molecule has 0 aliphatic rings. The smallest absolute Gasteiger partial charge is 0.271 e. The average molecular weight is 379 g/mol. The van der Waals surface area contributed by atoms with Crippen molar-refractivity contribution < 1.29 is 14.4 Å². The molecule has 3 rings (SSSR count). The second kappa shape index (κ2) is 8.29. The lowest BCUT2D eigenvalue weighted by atomic mass is 10.1. The molecule has 1 heterocycles. The molecule has 0 unspecified atom stereocenters. The number of hydrazine groups is 1. The van der Waals surface area contributed by atoms with Crippen molar-refractivity contribution in [2.24, 2.45) is 0 Å². The zero-order valence-corrected chi connectivity index (χ0v) is 15.3. The Bertz CT molecular complexity index is 956. The highest BCUT2D eigenvalue weighted by molar-refractivity contribution is 7.12. The molecule has 6 nitrogen and oxygen atoms in total. The first-order valence-corrected chi connectivity index (χ1v) is 9.02. The first kappa shape index (κ1) is 18.3. The second-order valence-electron chi connectivity index (χ2n) is 5.63. The summed E-state index contributed by atoms with van der Waals surface area (Å²) in [6, 6.07) is 18.8. The molecule has 2 N–H and O–H groups in total. The largest absolute Gasteiger partial charge is 0.310 e. The molecule has 3 amide bonds. The predicted molar refractivity (Wildman–Crippen MR) is 105 cm³/mol. The number of para-hydroxylation sites is 1. The van der Waals surface area contributed by atoms with Gasteiger partial charge in [0, 0.05) is 12.6 Å². The van der Waals surface area contributed by atoms with Crippen LogP contribution in [0.1, 0.15) is 30.4 Å². The van der Waals surface area contributed by atoms with Crippen molar-refractivity contribution in [2.45, 2.75) is 0 Å². The van der Waals surface area contributed by atoms with E-state index in [1.165, 1.54) is 16.2 Å². The highest BCUT2D eigenvalue weighted by atomic mass is 32.1. The predicted octanol–water partition coefficient (Wildman–Crippen LogP) is 3.10. The van der Waals surface area contributed by atoms with Gasteiger partial charge >= 0.3 is 0 Å². The van der Waals surface area contributed by atoms with Crippen molar-refractivity contribution in [3.05, 3.63) is 88.1 Å². The number of hydrogen-bond acceptors (Lipinski definition) is 4. The minimum Gasteiger partial charge on any atom is -0.310 e. The molecule has 0 spiro atoms. The average Bonchev–Trinajstić information content (AvgIpc) is 3.26. The molecular weight excluding hydrogens is 362 g/mol. The minimum absolute atomic E-state index is 0.210. The Morgan fingerprint density at radius 1 is 0.815 bits per heavy atom. The van der Waals surface area contributed by atoms with Gasteiger partial charge in [-0.25, -0.2) is 0 Å². The van der Waals surface area contributed by atoms with Crippen molar-refractivity contribution in [3.8, 4) is 0 Å². The first-order chi connectivity index (χ1) is 13.1. The lowest BCUT2D eigenvalue weighted by molar-refractivity contribution is 0.0846. The molecular formula is C20H17N3O3S. The Hall–Kier alpha value is -3.45. The summed E-state index contributed by atoms with van der Waals surface area (Å²) in [5, 5.41) is 1.82. The molecule has 0 fully saturated rings. The third-order valence-electron chi connectivity index (χ3n) is 3.87. The number of nitrogens with one attached hydrogen (secondary N) is 2. The van der Waals surface area contributed by atoms with Crippen LogP contribution in [0.5, 0.6) is 0 Å². The van der Waals surface area contributed by atoms with E-state index in [1.807, 2.05) is 5.38 Å². The van der Waals surface area contributed by atoms with Crippen LogP contribution in [0.15, 0.2) is 72.1 Å². The fourth-order valence-corrected chi connectivity index (χ4v) is 3.17.